The molecule has 108 valence electrons. The number of pyridine rings is 1. The number of carbonyl (C=O) groups is 2. The summed E-state index contributed by atoms with van der Waals surface area (Å²) in [6.07, 6.45) is 2.19. The SMILES string of the molecule is C[C@@H](NC(=O)c1cc(C2CC2)nc2ccccc12)C(=O)O. The molecular formula is C16H16N2O3. The monoisotopic (exact) mass is 284 g/mol. The number of para-hydroxylation sites is 1. The summed E-state index contributed by atoms with van der Waals surface area (Å²) in [4.78, 5) is 27.9. The first-order chi connectivity index (χ1) is 10.1. The van der Waals surface area contributed by atoms with Crippen molar-refractivity contribution in [1.82, 2.24) is 10.3 Å². The van der Waals surface area contributed by atoms with Crippen LogP contribution >= 0.6 is 0 Å². The maximum atomic E-state index is 12.4. The molecule has 0 spiro atoms. The highest BCUT2D eigenvalue weighted by Crippen LogP contribution is 2.40. The largest absolute Gasteiger partial charge is 0.480 e. The van der Waals surface area contributed by atoms with Crippen molar-refractivity contribution in [1.29, 1.82) is 0 Å². The van der Waals surface area contributed by atoms with Crippen LogP contribution in [0.3, 0.4) is 0 Å². The molecule has 0 aliphatic heterocycles. The molecule has 5 heteroatoms. The number of rotatable bonds is 4. The summed E-state index contributed by atoms with van der Waals surface area (Å²) in [7, 11) is 0. The van der Waals surface area contributed by atoms with Crippen molar-refractivity contribution >= 4 is 22.8 Å². The number of aromatic nitrogens is 1. The Morgan fingerprint density at radius 3 is 2.71 bits per heavy atom. The van der Waals surface area contributed by atoms with Crippen LogP contribution < -0.4 is 5.32 Å². The van der Waals surface area contributed by atoms with Crippen molar-refractivity contribution < 1.29 is 14.7 Å². The van der Waals surface area contributed by atoms with Gasteiger partial charge < -0.3 is 10.4 Å². The number of amides is 1. The molecule has 1 aliphatic carbocycles. The molecule has 3 rings (SSSR count). The van der Waals surface area contributed by atoms with Gasteiger partial charge in [0, 0.05) is 17.0 Å². The van der Waals surface area contributed by atoms with Crippen LogP contribution in [0.4, 0.5) is 0 Å². The number of carboxylic acid groups (broad SMARTS) is 1. The number of carboxylic acids is 1. The third kappa shape index (κ3) is 2.72. The lowest BCUT2D eigenvalue weighted by Gasteiger charge is -2.12. The van der Waals surface area contributed by atoms with Crippen LogP contribution in [0.2, 0.25) is 0 Å². The van der Waals surface area contributed by atoms with E-state index in [-0.39, 0.29) is 5.91 Å². The van der Waals surface area contributed by atoms with Crippen LogP contribution in [0.25, 0.3) is 10.9 Å². The van der Waals surface area contributed by atoms with Crippen molar-refractivity contribution in [3.63, 3.8) is 0 Å². The maximum Gasteiger partial charge on any atom is 0.325 e. The zero-order valence-electron chi connectivity index (χ0n) is 11.7. The average molecular weight is 284 g/mol. The lowest BCUT2D eigenvalue weighted by molar-refractivity contribution is -0.138. The van der Waals surface area contributed by atoms with E-state index < -0.39 is 12.0 Å². The molecule has 0 unspecified atom stereocenters. The van der Waals surface area contributed by atoms with Gasteiger partial charge in [0.1, 0.15) is 6.04 Å². The van der Waals surface area contributed by atoms with E-state index in [1.54, 1.807) is 6.07 Å². The van der Waals surface area contributed by atoms with Gasteiger partial charge in [0.2, 0.25) is 0 Å². The van der Waals surface area contributed by atoms with E-state index in [4.69, 9.17) is 5.11 Å². The molecule has 1 fully saturated rings. The molecule has 5 nitrogen and oxygen atoms in total. The Bertz CT molecular complexity index is 723. The summed E-state index contributed by atoms with van der Waals surface area (Å²) >= 11 is 0. The minimum Gasteiger partial charge on any atom is -0.480 e. The highest BCUT2D eigenvalue weighted by atomic mass is 16.4. The quantitative estimate of drug-likeness (QED) is 0.903. The highest BCUT2D eigenvalue weighted by Gasteiger charge is 2.27. The molecule has 2 aromatic rings. The Labute approximate surface area is 122 Å². The molecule has 0 saturated heterocycles. The predicted molar refractivity (Wildman–Crippen MR) is 78.3 cm³/mol. The van der Waals surface area contributed by atoms with Crippen LogP contribution in [-0.2, 0) is 4.79 Å². The fourth-order valence-corrected chi connectivity index (χ4v) is 2.31. The minimum absolute atomic E-state index is 0.370. The molecule has 1 atom stereocenters. The second-order valence-electron chi connectivity index (χ2n) is 5.42. The second-order valence-corrected chi connectivity index (χ2v) is 5.42. The molecule has 1 saturated carbocycles. The van der Waals surface area contributed by atoms with Crippen LogP contribution in [0.1, 0.15) is 41.7 Å². The maximum absolute atomic E-state index is 12.4. The van der Waals surface area contributed by atoms with Gasteiger partial charge in [-0.3, -0.25) is 14.6 Å². The number of benzene rings is 1. The van der Waals surface area contributed by atoms with Crippen LogP contribution in [-0.4, -0.2) is 28.0 Å². The zero-order valence-corrected chi connectivity index (χ0v) is 11.7. The smallest absolute Gasteiger partial charge is 0.325 e. The van der Waals surface area contributed by atoms with Crippen molar-refractivity contribution in [2.24, 2.45) is 0 Å². The number of nitrogens with zero attached hydrogens (tertiary/aromatic N) is 1. The van der Waals surface area contributed by atoms with Gasteiger partial charge in [-0.1, -0.05) is 18.2 Å². The fraction of sp³-hybridized carbons (Fsp3) is 0.312. The fourth-order valence-electron chi connectivity index (χ4n) is 2.31. The summed E-state index contributed by atoms with van der Waals surface area (Å²) in [5, 5.41) is 12.2. The molecule has 21 heavy (non-hydrogen) atoms. The zero-order chi connectivity index (χ0) is 15.0. The molecule has 2 N–H and O–H groups in total. The van der Waals surface area contributed by atoms with Crippen LogP contribution in [0.15, 0.2) is 30.3 Å². The molecule has 1 amide bonds. The van der Waals surface area contributed by atoms with Gasteiger partial charge in [-0.25, -0.2) is 0 Å². The van der Waals surface area contributed by atoms with Crippen molar-refractivity contribution in [3.8, 4) is 0 Å². The number of hydrogen-bond acceptors (Lipinski definition) is 3. The Hall–Kier alpha value is -2.43. The summed E-state index contributed by atoms with van der Waals surface area (Å²) in [6.45, 7) is 1.45. The second kappa shape index (κ2) is 5.16. The van der Waals surface area contributed by atoms with Crippen molar-refractivity contribution in [2.45, 2.75) is 31.7 Å². The molecular weight excluding hydrogens is 268 g/mol. The standard InChI is InChI=1S/C16H16N2O3/c1-9(16(20)21)17-15(19)12-8-14(10-6-7-10)18-13-5-3-2-4-11(12)13/h2-5,8-10H,6-7H2,1H3,(H,17,19)(H,20,21)/t9-/m1/s1. The molecule has 1 aliphatic rings. The lowest BCUT2D eigenvalue weighted by Crippen LogP contribution is -2.38. The van der Waals surface area contributed by atoms with E-state index in [2.05, 4.69) is 10.3 Å². The van der Waals surface area contributed by atoms with Crippen LogP contribution in [0.5, 0.6) is 0 Å². The summed E-state index contributed by atoms with van der Waals surface area (Å²) in [6, 6.07) is 8.31. The lowest BCUT2D eigenvalue weighted by atomic mass is 10.0. The molecule has 1 aromatic carbocycles. The van der Waals surface area contributed by atoms with E-state index in [0.29, 0.717) is 11.5 Å². The number of carbonyl (C=O) groups excluding carboxylic acids is 1. The van der Waals surface area contributed by atoms with E-state index in [0.717, 1.165) is 29.4 Å². The Morgan fingerprint density at radius 2 is 2.05 bits per heavy atom. The summed E-state index contributed by atoms with van der Waals surface area (Å²) in [5.74, 6) is -0.993. The van der Waals surface area contributed by atoms with Gasteiger partial charge >= 0.3 is 5.97 Å². The van der Waals surface area contributed by atoms with Gasteiger partial charge in [0.25, 0.3) is 5.91 Å². The minimum atomic E-state index is -1.05. The topological polar surface area (TPSA) is 79.3 Å². The van der Waals surface area contributed by atoms with Gasteiger partial charge in [-0.05, 0) is 31.9 Å². The Balaban J connectivity index is 2.03. The summed E-state index contributed by atoms with van der Waals surface area (Å²) in [5.41, 5.74) is 2.19. The van der Waals surface area contributed by atoms with Gasteiger partial charge in [-0.2, -0.15) is 0 Å². The summed E-state index contributed by atoms with van der Waals surface area (Å²) < 4.78 is 0. The molecule has 0 bridgehead atoms. The number of fused-ring (bicyclic) bond motifs is 1. The highest BCUT2D eigenvalue weighted by molar-refractivity contribution is 6.07. The third-order valence-electron chi connectivity index (χ3n) is 3.69. The molecule has 0 radical (unpaired) electrons. The van der Waals surface area contributed by atoms with Gasteiger partial charge in [-0.15, -0.1) is 0 Å². The third-order valence-corrected chi connectivity index (χ3v) is 3.69. The first kappa shape index (κ1) is 13.5. The van der Waals surface area contributed by atoms with Gasteiger partial charge in [0.15, 0.2) is 0 Å². The Morgan fingerprint density at radius 1 is 1.33 bits per heavy atom. The Kier molecular flexibility index (Phi) is 3.33. The number of aliphatic carboxylic acids is 1. The predicted octanol–water partition coefficient (Wildman–Crippen LogP) is 2.32. The van der Waals surface area contributed by atoms with Crippen molar-refractivity contribution in [3.05, 3.63) is 41.6 Å². The average Bonchev–Trinajstić information content (AvgIpc) is 3.30. The first-order valence-corrected chi connectivity index (χ1v) is 6.99. The molecule has 1 heterocycles. The van der Waals surface area contributed by atoms with E-state index >= 15 is 0 Å². The van der Waals surface area contributed by atoms with E-state index in [9.17, 15) is 9.59 Å². The van der Waals surface area contributed by atoms with Gasteiger partial charge in [0.05, 0.1) is 11.1 Å². The normalized spacial score (nSPS) is 15.7. The number of hydrogen-bond donors (Lipinski definition) is 2. The molecule has 1 aromatic heterocycles. The van der Waals surface area contributed by atoms with Crippen molar-refractivity contribution in [2.75, 3.05) is 0 Å². The van der Waals surface area contributed by atoms with Crippen LogP contribution in [0, 0.1) is 0 Å². The van der Waals surface area contributed by atoms with E-state index in [1.165, 1.54) is 6.92 Å². The van der Waals surface area contributed by atoms with E-state index in [1.807, 2.05) is 24.3 Å². The first-order valence-electron chi connectivity index (χ1n) is 6.99. The number of nitrogens with one attached hydrogen (secondary N) is 1.